The number of benzene rings is 3. The van der Waals surface area contributed by atoms with E-state index in [-0.39, 0.29) is 17.6 Å². The van der Waals surface area contributed by atoms with E-state index < -0.39 is 0 Å². The maximum Gasteiger partial charge on any atom is 0.253 e. The van der Waals surface area contributed by atoms with Crippen molar-refractivity contribution < 1.29 is 14.3 Å². The molecule has 1 heterocycles. The molecular formula is C26H25N5O3S. The first kappa shape index (κ1) is 24.0. The second-order valence-electron chi connectivity index (χ2n) is 7.54. The van der Waals surface area contributed by atoms with E-state index in [1.165, 1.54) is 11.8 Å². The topological polar surface area (TPSA) is 98.1 Å². The van der Waals surface area contributed by atoms with Gasteiger partial charge < -0.3 is 15.4 Å². The van der Waals surface area contributed by atoms with Crippen LogP contribution in [0, 0.1) is 0 Å². The number of para-hydroxylation sites is 2. The molecule has 0 aliphatic heterocycles. The third-order valence-corrected chi connectivity index (χ3v) is 5.98. The maximum absolute atomic E-state index is 12.7. The summed E-state index contributed by atoms with van der Waals surface area (Å²) in [6.07, 6.45) is 2.30. The summed E-state index contributed by atoms with van der Waals surface area (Å²) < 4.78 is 6.82. The van der Waals surface area contributed by atoms with Gasteiger partial charge in [-0.25, -0.2) is 9.67 Å². The fourth-order valence-corrected chi connectivity index (χ4v) is 3.93. The summed E-state index contributed by atoms with van der Waals surface area (Å²) in [4.78, 5) is 29.5. The minimum atomic E-state index is -0.246. The van der Waals surface area contributed by atoms with Crippen LogP contribution in [0.5, 0.6) is 5.75 Å². The van der Waals surface area contributed by atoms with E-state index in [2.05, 4.69) is 20.7 Å². The van der Waals surface area contributed by atoms with E-state index in [1.54, 1.807) is 42.4 Å². The Morgan fingerprint density at radius 1 is 0.971 bits per heavy atom. The van der Waals surface area contributed by atoms with Crippen LogP contribution < -0.4 is 15.4 Å². The Hall–Kier alpha value is -4.11. The number of nitrogens with zero attached hydrogens (tertiary/aromatic N) is 3. The van der Waals surface area contributed by atoms with Crippen molar-refractivity contribution in [2.45, 2.75) is 11.6 Å². The van der Waals surface area contributed by atoms with E-state index in [0.29, 0.717) is 29.4 Å². The largest absolute Gasteiger partial charge is 0.497 e. The van der Waals surface area contributed by atoms with Crippen molar-refractivity contribution in [3.05, 3.63) is 96.3 Å². The number of aromatic nitrogens is 3. The average molecular weight is 488 g/mol. The highest BCUT2D eigenvalue weighted by Crippen LogP contribution is 2.18. The molecule has 0 saturated heterocycles. The molecule has 4 rings (SSSR count). The van der Waals surface area contributed by atoms with Crippen molar-refractivity contribution in [3.63, 3.8) is 0 Å². The number of rotatable bonds is 10. The first-order valence-corrected chi connectivity index (χ1v) is 12.0. The molecule has 0 fully saturated rings. The second kappa shape index (κ2) is 11.8. The molecule has 4 aromatic rings. The summed E-state index contributed by atoms with van der Waals surface area (Å²) in [6, 6.07) is 24.3. The van der Waals surface area contributed by atoms with Crippen LogP contribution >= 0.6 is 11.8 Å². The fourth-order valence-electron chi connectivity index (χ4n) is 3.33. The molecule has 0 spiro atoms. The zero-order chi connectivity index (χ0) is 24.5. The molecule has 0 aliphatic rings. The predicted molar refractivity (Wildman–Crippen MR) is 136 cm³/mol. The number of carbonyl (C=O) groups excluding carboxylic acids is 2. The van der Waals surface area contributed by atoms with Gasteiger partial charge in [-0.2, -0.15) is 0 Å². The zero-order valence-corrected chi connectivity index (χ0v) is 20.0. The van der Waals surface area contributed by atoms with Gasteiger partial charge in [0.05, 0.1) is 29.8 Å². The summed E-state index contributed by atoms with van der Waals surface area (Å²) in [7, 11) is 1.63. The van der Waals surface area contributed by atoms with Crippen molar-refractivity contribution in [1.82, 2.24) is 20.1 Å². The molecule has 3 aromatic carbocycles. The van der Waals surface area contributed by atoms with Crippen LogP contribution in [-0.2, 0) is 11.2 Å². The minimum Gasteiger partial charge on any atom is -0.497 e. The monoisotopic (exact) mass is 487 g/mol. The first-order valence-electron chi connectivity index (χ1n) is 11.0. The SMILES string of the molecule is COc1ccc(CCNC(=O)c2ccccc2NC(=O)CSc2ncn(-c3ccccc3)n2)cc1. The summed E-state index contributed by atoms with van der Waals surface area (Å²) in [6.45, 7) is 0.471. The smallest absolute Gasteiger partial charge is 0.253 e. The number of amides is 2. The summed E-state index contributed by atoms with van der Waals surface area (Å²) in [5.74, 6) is 0.419. The molecule has 0 aliphatic carbocycles. The van der Waals surface area contributed by atoms with Crippen molar-refractivity contribution in [2.24, 2.45) is 0 Å². The Morgan fingerprint density at radius 2 is 1.71 bits per heavy atom. The molecule has 9 heteroatoms. The lowest BCUT2D eigenvalue weighted by Gasteiger charge is -2.11. The predicted octanol–water partition coefficient (Wildman–Crippen LogP) is 3.98. The van der Waals surface area contributed by atoms with E-state index in [9.17, 15) is 9.59 Å². The van der Waals surface area contributed by atoms with E-state index in [4.69, 9.17) is 4.74 Å². The highest BCUT2D eigenvalue weighted by Gasteiger charge is 2.14. The Morgan fingerprint density at radius 3 is 2.49 bits per heavy atom. The molecule has 1 aromatic heterocycles. The Kier molecular flexibility index (Phi) is 8.13. The quantitative estimate of drug-likeness (QED) is 0.329. The van der Waals surface area contributed by atoms with Crippen LogP contribution in [0.2, 0.25) is 0 Å². The highest BCUT2D eigenvalue weighted by molar-refractivity contribution is 7.99. The number of thioether (sulfide) groups is 1. The third kappa shape index (κ3) is 6.70. The number of methoxy groups -OCH3 is 1. The normalized spacial score (nSPS) is 10.5. The number of hydrogen-bond acceptors (Lipinski definition) is 6. The molecule has 35 heavy (non-hydrogen) atoms. The lowest BCUT2D eigenvalue weighted by molar-refractivity contribution is -0.113. The molecule has 0 saturated carbocycles. The third-order valence-electron chi connectivity index (χ3n) is 5.13. The number of hydrogen-bond donors (Lipinski definition) is 2. The lowest BCUT2D eigenvalue weighted by Crippen LogP contribution is -2.27. The van der Waals surface area contributed by atoms with Crippen LogP contribution in [0.3, 0.4) is 0 Å². The molecule has 8 nitrogen and oxygen atoms in total. The van der Waals surface area contributed by atoms with Crippen molar-refractivity contribution >= 4 is 29.3 Å². The van der Waals surface area contributed by atoms with Crippen LogP contribution in [0.1, 0.15) is 15.9 Å². The van der Waals surface area contributed by atoms with Gasteiger partial charge in [0.25, 0.3) is 5.91 Å². The summed E-state index contributed by atoms with van der Waals surface area (Å²) in [5.41, 5.74) is 2.85. The van der Waals surface area contributed by atoms with Gasteiger partial charge in [-0.1, -0.05) is 54.2 Å². The van der Waals surface area contributed by atoms with Crippen LogP contribution in [-0.4, -0.2) is 46.0 Å². The van der Waals surface area contributed by atoms with Crippen LogP contribution in [0.4, 0.5) is 5.69 Å². The Labute approximate surface area is 207 Å². The molecule has 0 radical (unpaired) electrons. The van der Waals surface area contributed by atoms with E-state index in [0.717, 1.165) is 17.0 Å². The number of carbonyl (C=O) groups is 2. The fraction of sp³-hybridized carbons (Fsp3) is 0.154. The first-order chi connectivity index (χ1) is 17.1. The lowest BCUT2D eigenvalue weighted by atomic mass is 10.1. The molecule has 2 N–H and O–H groups in total. The van der Waals surface area contributed by atoms with E-state index >= 15 is 0 Å². The van der Waals surface area contributed by atoms with E-state index in [1.807, 2.05) is 54.6 Å². The van der Waals surface area contributed by atoms with Gasteiger partial charge in [-0.15, -0.1) is 5.10 Å². The van der Waals surface area contributed by atoms with Gasteiger partial charge in [0, 0.05) is 6.54 Å². The molecule has 0 atom stereocenters. The number of nitrogens with one attached hydrogen (secondary N) is 2. The molecule has 178 valence electrons. The number of anilines is 1. The minimum absolute atomic E-state index is 0.117. The number of ether oxygens (including phenoxy) is 1. The van der Waals surface area contributed by atoms with Gasteiger partial charge in [-0.3, -0.25) is 9.59 Å². The van der Waals surface area contributed by atoms with Crippen LogP contribution in [0.25, 0.3) is 5.69 Å². The van der Waals surface area contributed by atoms with Gasteiger partial charge in [0.15, 0.2) is 0 Å². The van der Waals surface area contributed by atoms with Crippen molar-refractivity contribution in [2.75, 3.05) is 24.7 Å². The molecule has 0 unspecified atom stereocenters. The highest BCUT2D eigenvalue weighted by atomic mass is 32.2. The van der Waals surface area contributed by atoms with Gasteiger partial charge in [0.2, 0.25) is 11.1 Å². The maximum atomic E-state index is 12.7. The average Bonchev–Trinajstić information content (AvgIpc) is 3.38. The zero-order valence-electron chi connectivity index (χ0n) is 19.2. The summed E-state index contributed by atoms with van der Waals surface area (Å²) >= 11 is 1.23. The van der Waals surface area contributed by atoms with Gasteiger partial charge >= 0.3 is 0 Å². The standard InChI is InChI=1S/C26H25N5O3S/c1-34-21-13-11-19(12-14-21)15-16-27-25(33)22-9-5-6-10-23(22)29-24(32)17-35-26-28-18-31(30-26)20-7-3-2-4-8-20/h2-14,18H,15-17H2,1H3,(H,27,33)(H,29,32). The molecule has 0 bridgehead atoms. The Bertz CT molecular complexity index is 1280. The Balaban J connectivity index is 1.29. The van der Waals surface area contributed by atoms with Gasteiger partial charge in [0.1, 0.15) is 12.1 Å². The molecular weight excluding hydrogens is 462 g/mol. The van der Waals surface area contributed by atoms with Gasteiger partial charge in [-0.05, 0) is 48.4 Å². The second-order valence-corrected chi connectivity index (χ2v) is 8.49. The molecule has 2 amide bonds. The van der Waals surface area contributed by atoms with Crippen molar-refractivity contribution in [3.8, 4) is 11.4 Å². The van der Waals surface area contributed by atoms with Crippen LogP contribution in [0.15, 0.2) is 90.3 Å². The van der Waals surface area contributed by atoms with Crippen molar-refractivity contribution in [1.29, 1.82) is 0 Å². The summed E-state index contributed by atoms with van der Waals surface area (Å²) in [5, 5.41) is 10.6.